The van der Waals surface area contributed by atoms with Crippen molar-refractivity contribution in [3.8, 4) is 5.75 Å². The number of ether oxygens (including phenoxy) is 3. The quantitative estimate of drug-likeness (QED) is 0.716. The summed E-state index contributed by atoms with van der Waals surface area (Å²) in [7, 11) is 0. The summed E-state index contributed by atoms with van der Waals surface area (Å²) in [5.41, 5.74) is 5.89. The van der Waals surface area contributed by atoms with Gasteiger partial charge in [0.05, 0.1) is 19.8 Å². The van der Waals surface area contributed by atoms with E-state index in [1.165, 1.54) is 0 Å². The van der Waals surface area contributed by atoms with Crippen molar-refractivity contribution < 1.29 is 19.0 Å². The monoisotopic (exact) mass is 253 g/mol. The Morgan fingerprint density at radius 3 is 2.61 bits per heavy atom. The molecule has 0 aromatic heterocycles. The summed E-state index contributed by atoms with van der Waals surface area (Å²) in [6, 6.07) is 7.26. The summed E-state index contributed by atoms with van der Waals surface area (Å²) >= 11 is 0. The van der Waals surface area contributed by atoms with Crippen LogP contribution in [0.1, 0.15) is 12.5 Å². The zero-order chi connectivity index (χ0) is 13.2. The third-order valence-corrected chi connectivity index (χ3v) is 2.28. The zero-order valence-electron chi connectivity index (χ0n) is 10.6. The fourth-order valence-electron chi connectivity index (χ4n) is 1.46. The molecule has 1 amide bonds. The number of hydrogen-bond acceptors (Lipinski definition) is 4. The second kappa shape index (κ2) is 8.49. The molecule has 2 N–H and O–H groups in total. The predicted octanol–water partition coefficient (Wildman–Crippen LogP) is 1.74. The highest BCUT2D eigenvalue weighted by atomic mass is 16.5. The second-order valence-corrected chi connectivity index (χ2v) is 3.59. The average molecular weight is 253 g/mol. The molecule has 0 fully saturated rings. The number of primary amides is 1. The minimum atomic E-state index is -0.806. The lowest BCUT2D eigenvalue weighted by molar-refractivity contribution is 0.0540. The summed E-state index contributed by atoms with van der Waals surface area (Å²) < 4.78 is 15.5. The molecule has 1 aromatic rings. The van der Waals surface area contributed by atoms with Gasteiger partial charge in [0.15, 0.2) is 0 Å². The molecule has 0 atom stereocenters. The lowest BCUT2D eigenvalue weighted by Gasteiger charge is -2.08. The summed E-state index contributed by atoms with van der Waals surface area (Å²) in [5, 5.41) is 0. The van der Waals surface area contributed by atoms with E-state index in [1.54, 1.807) is 12.1 Å². The van der Waals surface area contributed by atoms with Gasteiger partial charge >= 0.3 is 6.09 Å². The lowest BCUT2D eigenvalue weighted by atomic mass is 10.1. The van der Waals surface area contributed by atoms with Crippen LogP contribution in [0.25, 0.3) is 0 Å². The van der Waals surface area contributed by atoms with Gasteiger partial charge in [-0.1, -0.05) is 18.2 Å². The molecule has 0 aliphatic heterocycles. The second-order valence-electron chi connectivity index (χ2n) is 3.59. The average Bonchev–Trinajstić information content (AvgIpc) is 2.35. The molecule has 0 heterocycles. The first-order valence-corrected chi connectivity index (χ1v) is 5.94. The molecule has 0 spiro atoms. The number of carbonyl (C=O) groups is 1. The number of rotatable bonds is 8. The molecule has 100 valence electrons. The van der Waals surface area contributed by atoms with E-state index in [1.807, 2.05) is 19.1 Å². The SMILES string of the molecule is CCOCCOCCc1ccccc1OC(N)=O. The van der Waals surface area contributed by atoms with Crippen molar-refractivity contribution in [2.45, 2.75) is 13.3 Å². The number of hydrogen-bond donors (Lipinski definition) is 1. The van der Waals surface area contributed by atoms with Crippen molar-refractivity contribution in [2.24, 2.45) is 5.73 Å². The van der Waals surface area contributed by atoms with Gasteiger partial charge in [0.25, 0.3) is 0 Å². The molecule has 0 saturated carbocycles. The summed E-state index contributed by atoms with van der Waals surface area (Å²) in [6.45, 7) is 4.34. The van der Waals surface area contributed by atoms with Crippen molar-refractivity contribution >= 4 is 6.09 Å². The van der Waals surface area contributed by atoms with Gasteiger partial charge in [-0.2, -0.15) is 0 Å². The van der Waals surface area contributed by atoms with Gasteiger partial charge in [0, 0.05) is 6.61 Å². The van der Waals surface area contributed by atoms with E-state index in [4.69, 9.17) is 19.9 Å². The molecule has 5 heteroatoms. The molecule has 0 aliphatic rings. The third kappa shape index (κ3) is 5.65. The number of nitrogens with two attached hydrogens (primary N) is 1. The Balaban J connectivity index is 2.34. The molecule has 0 radical (unpaired) electrons. The van der Waals surface area contributed by atoms with Crippen LogP contribution >= 0.6 is 0 Å². The van der Waals surface area contributed by atoms with Crippen LogP contribution in [0.2, 0.25) is 0 Å². The van der Waals surface area contributed by atoms with Crippen LogP contribution in [0.15, 0.2) is 24.3 Å². The van der Waals surface area contributed by atoms with Gasteiger partial charge in [-0.15, -0.1) is 0 Å². The largest absolute Gasteiger partial charge is 0.410 e. The van der Waals surface area contributed by atoms with Crippen LogP contribution in [0.4, 0.5) is 4.79 Å². The summed E-state index contributed by atoms with van der Waals surface area (Å²) in [4.78, 5) is 10.7. The van der Waals surface area contributed by atoms with Crippen molar-refractivity contribution in [1.29, 1.82) is 0 Å². The lowest BCUT2D eigenvalue weighted by Crippen LogP contribution is -2.17. The molecule has 18 heavy (non-hydrogen) atoms. The molecule has 5 nitrogen and oxygen atoms in total. The first kappa shape index (κ1) is 14.5. The van der Waals surface area contributed by atoms with Gasteiger partial charge in [-0.3, -0.25) is 0 Å². The number of carbonyl (C=O) groups excluding carboxylic acids is 1. The van der Waals surface area contributed by atoms with Gasteiger partial charge < -0.3 is 19.9 Å². The molecular weight excluding hydrogens is 234 g/mol. The van der Waals surface area contributed by atoms with Crippen molar-refractivity contribution in [3.63, 3.8) is 0 Å². The highest BCUT2D eigenvalue weighted by Gasteiger charge is 2.05. The van der Waals surface area contributed by atoms with Crippen LogP contribution in [-0.4, -0.2) is 32.5 Å². The van der Waals surface area contributed by atoms with Gasteiger partial charge in [-0.05, 0) is 25.0 Å². The minimum Gasteiger partial charge on any atom is -0.410 e. The first-order chi connectivity index (χ1) is 8.74. The first-order valence-electron chi connectivity index (χ1n) is 5.94. The summed E-state index contributed by atoms with van der Waals surface area (Å²) in [5.74, 6) is 0.485. The smallest absolute Gasteiger partial charge is 0.409 e. The Morgan fingerprint density at radius 1 is 1.17 bits per heavy atom. The molecule has 1 rings (SSSR count). The Morgan fingerprint density at radius 2 is 1.89 bits per heavy atom. The van der Waals surface area contributed by atoms with E-state index in [-0.39, 0.29) is 0 Å². The van der Waals surface area contributed by atoms with Gasteiger partial charge in [0.1, 0.15) is 5.75 Å². The van der Waals surface area contributed by atoms with Crippen LogP contribution in [0, 0.1) is 0 Å². The van der Waals surface area contributed by atoms with Crippen molar-refractivity contribution in [3.05, 3.63) is 29.8 Å². The zero-order valence-corrected chi connectivity index (χ0v) is 10.6. The number of benzene rings is 1. The van der Waals surface area contributed by atoms with Crippen molar-refractivity contribution in [2.75, 3.05) is 26.4 Å². The van der Waals surface area contributed by atoms with E-state index in [9.17, 15) is 4.79 Å². The molecule has 0 unspecified atom stereocenters. The van der Waals surface area contributed by atoms with Crippen LogP contribution in [0.5, 0.6) is 5.75 Å². The van der Waals surface area contributed by atoms with E-state index in [0.29, 0.717) is 38.6 Å². The minimum absolute atomic E-state index is 0.485. The van der Waals surface area contributed by atoms with E-state index >= 15 is 0 Å². The molecular formula is C13H19NO4. The van der Waals surface area contributed by atoms with Crippen molar-refractivity contribution in [1.82, 2.24) is 0 Å². The third-order valence-electron chi connectivity index (χ3n) is 2.28. The van der Waals surface area contributed by atoms with Gasteiger partial charge in [0.2, 0.25) is 0 Å². The van der Waals surface area contributed by atoms with Crippen LogP contribution < -0.4 is 10.5 Å². The fraction of sp³-hybridized carbons (Fsp3) is 0.462. The normalized spacial score (nSPS) is 10.3. The Labute approximate surface area is 107 Å². The fourth-order valence-corrected chi connectivity index (χ4v) is 1.46. The maximum atomic E-state index is 10.7. The standard InChI is InChI=1S/C13H19NO4/c1-2-16-9-10-17-8-7-11-5-3-4-6-12(11)18-13(14)15/h3-6H,2,7-10H2,1H3,(H2,14,15). The van der Waals surface area contributed by atoms with E-state index in [0.717, 1.165) is 5.56 Å². The Bertz CT molecular complexity index is 368. The Hall–Kier alpha value is -1.59. The highest BCUT2D eigenvalue weighted by molar-refractivity contribution is 5.68. The van der Waals surface area contributed by atoms with Crippen LogP contribution in [0.3, 0.4) is 0 Å². The van der Waals surface area contributed by atoms with Crippen LogP contribution in [-0.2, 0) is 15.9 Å². The molecule has 0 bridgehead atoms. The molecule has 1 aromatic carbocycles. The molecule has 0 saturated heterocycles. The number of amides is 1. The maximum absolute atomic E-state index is 10.7. The van der Waals surface area contributed by atoms with Gasteiger partial charge in [-0.25, -0.2) is 4.79 Å². The van der Waals surface area contributed by atoms with E-state index < -0.39 is 6.09 Å². The topological polar surface area (TPSA) is 70.8 Å². The van der Waals surface area contributed by atoms with E-state index in [2.05, 4.69) is 0 Å². The predicted molar refractivity (Wildman–Crippen MR) is 67.7 cm³/mol. The maximum Gasteiger partial charge on any atom is 0.409 e. The highest BCUT2D eigenvalue weighted by Crippen LogP contribution is 2.18. The summed E-state index contributed by atoms with van der Waals surface area (Å²) in [6.07, 6.45) is -0.144. The Kier molecular flexibility index (Phi) is 6.83. The molecule has 0 aliphatic carbocycles. The number of para-hydroxylation sites is 1.